The van der Waals surface area contributed by atoms with Crippen LogP contribution in [0.25, 0.3) is 6.08 Å². The lowest BCUT2D eigenvalue weighted by molar-refractivity contribution is 1.52. The van der Waals surface area contributed by atoms with E-state index in [4.69, 9.17) is 5.73 Å². The van der Waals surface area contributed by atoms with Crippen molar-refractivity contribution in [3.63, 3.8) is 0 Å². The number of benzene rings is 1. The Balaban J connectivity index is 3.28. The average molecular weight is 160 g/mol. The highest BCUT2D eigenvalue weighted by Crippen LogP contribution is 2.25. The van der Waals surface area contributed by atoms with Crippen molar-refractivity contribution in [2.24, 2.45) is 4.99 Å². The third-order valence-corrected chi connectivity index (χ3v) is 1.62. The third kappa shape index (κ3) is 1.53. The minimum absolute atomic E-state index is 0.734. The molecule has 0 aliphatic rings. The highest BCUT2D eigenvalue weighted by atomic mass is 14.7. The van der Waals surface area contributed by atoms with Gasteiger partial charge in [0.2, 0.25) is 0 Å². The van der Waals surface area contributed by atoms with E-state index in [2.05, 4.69) is 11.7 Å². The van der Waals surface area contributed by atoms with Gasteiger partial charge in [-0.15, -0.1) is 0 Å². The molecule has 0 bridgehead atoms. The van der Waals surface area contributed by atoms with Crippen molar-refractivity contribution in [2.75, 3.05) is 5.73 Å². The molecule has 1 aromatic carbocycles. The molecule has 0 saturated heterocycles. The zero-order chi connectivity index (χ0) is 8.97. The van der Waals surface area contributed by atoms with E-state index in [0.717, 1.165) is 16.9 Å². The van der Waals surface area contributed by atoms with Crippen LogP contribution in [-0.2, 0) is 0 Å². The molecule has 1 rings (SSSR count). The maximum absolute atomic E-state index is 5.74. The van der Waals surface area contributed by atoms with E-state index in [-0.39, 0.29) is 0 Å². The summed E-state index contributed by atoms with van der Waals surface area (Å²) in [6.07, 6.45) is 3.86. The van der Waals surface area contributed by atoms with Crippen LogP contribution >= 0.6 is 0 Å². The first-order valence-corrected chi connectivity index (χ1v) is 3.77. The van der Waals surface area contributed by atoms with Gasteiger partial charge in [0.15, 0.2) is 0 Å². The van der Waals surface area contributed by atoms with Gasteiger partial charge in [-0.05, 0) is 25.8 Å². The number of hydrogen-bond donors (Lipinski definition) is 1. The Morgan fingerprint density at radius 2 is 2.25 bits per heavy atom. The molecule has 0 atom stereocenters. The molecule has 0 aromatic heterocycles. The molecule has 0 saturated carbocycles. The SMILES string of the molecule is C=Nc1cccc(N)c1/C=C\C. The Labute approximate surface area is 72.4 Å². The fraction of sp³-hybridized carbons (Fsp3) is 0.100. The number of rotatable bonds is 2. The minimum Gasteiger partial charge on any atom is -0.398 e. The second kappa shape index (κ2) is 3.72. The Bertz CT molecular complexity index is 314. The predicted molar refractivity (Wildman–Crippen MR) is 54.8 cm³/mol. The first-order chi connectivity index (χ1) is 5.79. The van der Waals surface area contributed by atoms with Crippen molar-refractivity contribution in [1.29, 1.82) is 0 Å². The highest BCUT2D eigenvalue weighted by molar-refractivity contribution is 5.75. The van der Waals surface area contributed by atoms with E-state index >= 15 is 0 Å². The van der Waals surface area contributed by atoms with Crippen molar-refractivity contribution >= 4 is 24.2 Å². The molecule has 0 fully saturated rings. The molecule has 12 heavy (non-hydrogen) atoms. The van der Waals surface area contributed by atoms with E-state index in [9.17, 15) is 0 Å². The van der Waals surface area contributed by atoms with E-state index in [1.807, 2.05) is 37.3 Å². The van der Waals surface area contributed by atoms with Crippen molar-refractivity contribution in [3.05, 3.63) is 29.8 Å². The number of aliphatic imine (C=N–C) groups is 1. The van der Waals surface area contributed by atoms with E-state index in [1.54, 1.807) is 0 Å². The second-order valence-electron chi connectivity index (χ2n) is 2.44. The van der Waals surface area contributed by atoms with Gasteiger partial charge in [-0.2, -0.15) is 0 Å². The van der Waals surface area contributed by atoms with Gasteiger partial charge in [0.05, 0.1) is 5.69 Å². The van der Waals surface area contributed by atoms with Crippen LogP contribution in [0.5, 0.6) is 0 Å². The average Bonchev–Trinajstić information content (AvgIpc) is 2.09. The molecule has 0 unspecified atom stereocenters. The molecule has 0 aliphatic carbocycles. The lowest BCUT2D eigenvalue weighted by Gasteiger charge is -2.02. The summed E-state index contributed by atoms with van der Waals surface area (Å²) in [5.74, 6) is 0. The van der Waals surface area contributed by atoms with Gasteiger partial charge in [0.25, 0.3) is 0 Å². The summed E-state index contributed by atoms with van der Waals surface area (Å²) in [4.78, 5) is 3.87. The second-order valence-corrected chi connectivity index (χ2v) is 2.44. The fourth-order valence-corrected chi connectivity index (χ4v) is 1.06. The Kier molecular flexibility index (Phi) is 2.64. The third-order valence-electron chi connectivity index (χ3n) is 1.62. The highest BCUT2D eigenvalue weighted by Gasteiger charge is 1.99. The van der Waals surface area contributed by atoms with Gasteiger partial charge >= 0.3 is 0 Å². The summed E-state index contributed by atoms with van der Waals surface area (Å²) >= 11 is 0. The van der Waals surface area contributed by atoms with Gasteiger partial charge in [-0.1, -0.05) is 18.2 Å². The van der Waals surface area contributed by atoms with Crippen LogP contribution in [0.2, 0.25) is 0 Å². The van der Waals surface area contributed by atoms with Crippen LogP contribution in [0.1, 0.15) is 12.5 Å². The number of allylic oxidation sites excluding steroid dienone is 1. The van der Waals surface area contributed by atoms with Crippen LogP contribution in [0.4, 0.5) is 11.4 Å². The van der Waals surface area contributed by atoms with E-state index in [1.165, 1.54) is 0 Å². The van der Waals surface area contributed by atoms with E-state index < -0.39 is 0 Å². The van der Waals surface area contributed by atoms with Crippen molar-refractivity contribution in [3.8, 4) is 0 Å². The summed E-state index contributed by atoms with van der Waals surface area (Å²) in [5, 5.41) is 0. The maximum Gasteiger partial charge on any atom is 0.0715 e. The first-order valence-electron chi connectivity index (χ1n) is 3.77. The van der Waals surface area contributed by atoms with Crippen molar-refractivity contribution < 1.29 is 0 Å². The summed E-state index contributed by atoms with van der Waals surface area (Å²) in [5.41, 5.74) is 8.25. The van der Waals surface area contributed by atoms with Crippen molar-refractivity contribution in [1.82, 2.24) is 0 Å². The maximum atomic E-state index is 5.74. The Hall–Kier alpha value is -1.57. The van der Waals surface area contributed by atoms with Gasteiger partial charge in [-0.3, -0.25) is 4.99 Å². The lowest BCUT2D eigenvalue weighted by atomic mass is 10.1. The van der Waals surface area contributed by atoms with Gasteiger partial charge in [-0.25, -0.2) is 0 Å². The molecule has 62 valence electrons. The summed E-state index contributed by atoms with van der Waals surface area (Å²) in [6, 6.07) is 5.61. The molecule has 2 N–H and O–H groups in total. The first kappa shape index (κ1) is 8.53. The molecule has 2 nitrogen and oxygen atoms in total. The van der Waals surface area contributed by atoms with E-state index in [0.29, 0.717) is 0 Å². The van der Waals surface area contributed by atoms with Crippen LogP contribution in [0.3, 0.4) is 0 Å². The number of anilines is 1. The van der Waals surface area contributed by atoms with Crippen molar-refractivity contribution in [2.45, 2.75) is 6.92 Å². The van der Waals surface area contributed by atoms with Gasteiger partial charge < -0.3 is 5.73 Å². The fourth-order valence-electron chi connectivity index (χ4n) is 1.06. The molecule has 0 radical (unpaired) electrons. The molecular weight excluding hydrogens is 148 g/mol. The lowest BCUT2D eigenvalue weighted by Crippen LogP contribution is -1.88. The number of hydrogen-bond acceptors (Lipinski definition) is 2. The molecule has 2 heteroatoms. The zero-order valence-electron chi connectivity index (χ0n) is 7.12. The molecule has 0 aliphatic heterocycles. The molecular formula is C10H12N2. The number of nitrogens with zero attached hydrogens (tertiary/aromatic N) is 1. The predicted octanol–water partition coefficient (Wildman–Crippen LogP) is 2.63. The molecule has 0 heterocycles. The summed E-state index contributed by atoms with van der Waals surface area (Å²) in [7, 11) is 0. The normalized spacial score (nSPS) is 10.4. The monoisotopic (exact) mass is 160 g/mol. The van der Waals surface area contributed by atoms with Gasteiger partial charge in [0.1, 0.15) is 0 Å². The van der Waals surface area contributed by atoms with Crippen LogP contribution in [0.15, 0.2) is 29.3 Å². The largest absolute Gasteiger partial charge is 0.398 e. The molecule has 0 spiro atoms. The molecule has 0 amide bonds. The number of nitrogens with two attached hydrogens (primary N) is 1. The van der Waals surface area contributed by atoms with Crippen LogP contribution in [0, 0.1) is 0 Å². The van der Waals surface area contributed by atoms with Crippen LogP contribution in [-0.4, -0.2) is 6.72 Å². The zero-order valence-corrected chi connectivity index (χ0v) is 7.12. The Morgan fingerprint density at radius 3 is 2.83 bits per heavy atom. The minimum atomic E-state index is 0.734. The Morgan fingerprint density at radius 1 is 1.50 bits per heavy atom. The standard InChI is InChI=1S/C10H12N2/c1-3-5-8-9(11)6-4-7-10(8)12-2/h3-7H,2,11H2,1H3/b5-3-. The summed E-state index contributed by atoms with van der Waals surface area (Å²) < 4.78 is 0. The molecule has 1 aromatic rings. The number of nitrogen functional groups attached to an aromatic ring is 1. The summed E-state index contributed by atoms with van der Waals surface area (Å²) in [6.45, 7) is 5.42. The quantitative estimate of drug-likeness (QED) is 0.524. The smallest absolute Gasteiger partial charge is 0.0715 e. The van der Waals surface area contributed by atoms with Gasteiger partial charge in [0, 0.05) is 11.3 Å². The van der Waals surface area contributed by atoms with Crippen LogP contribution < -0.4 is 5.73 Å². The topological polar surface area (TPSA) is 38.4 Å².